The molecule has 1 aromatic rings. The van der Waals surface area contributed by atoms with Crippen LogP contribution in [0.2, 0.25) is 0 Å². The summed E-state index contributed by atoms with van der Waals surface area (Å²) in [6.07, 6.45) is 0. The van der Waals surface area contributed by atoms with E-state index in [4.69, 9.17) is 9.63 Å². The van der Waals surface area contributed by atoms with Gasteiger partial charge < -0.3 is 14.9 Å². The predicted molar refractivity (Wildman–Crippen MR) is 59.2 cm³/mol. The third-order valence-corrected chi connectivity index (χ3v) is 2.67. The number of hydrogen-bond acceptors (Lipinski definition) is 4. The van der Waals surface area contributed by atoms with Gasteiger partial charge in [0, 0.05) is 18.2 Å². The van der Waals surface area contributed by atoms with Crippen LogP contribution in [0.4, 0.5) is 0 Å². The first kappa shape index (κ1) is 12.7. The van der Waals surface area contributed by atoms with Crippen LogP contribution in [0.5, 0.6) is 0 Å². The molecule has 0 aliphatic carbocycles. The Hall–Kier alpha value is -1.36. The Morgan fingerprint density at radius 1 is 1.50 bits per heavy atom. The van der Waals surface area contributed by atoms with Gasteiger partial charge in [-0.3, -0.25) is 4.79 Å². The first-order valence-electron chi connectivity index (χ1n) is 5.32. The Kier molecular flexibility index (Phi) is 4.06. The Bertz CT molecular complexity index is 354. The zero-order valence-electron chi connectivity index (χ0n) is 10.1. The Morgan fingerprint density at radius 2 is 2.12 bits per heavy atom. The molecule has 16 heavy (non-hydrogen) atoms. The molecule has 2 unspecified atom stereocenters. The lowest BCUT2D eigenvalue weighted by atomic mass is 10.1. The molecule has 1 heterocycles. The maximum absolute atomic E-state index is 10.7. The van der Waals surface area contributed by atoms with Crippen LogP contribution < -0.4 is 5.32 Å². The second kappa shape index (κ2) is 5.12. The summed E-state index contributed by atoms with van der Waals surface area (Å²) in [5.74, 6) is -0.415. The summed E-state index contributed by atoms with van der Waals surface area (Å²) >= 11 is 0. The number of aromatic nitrogens is 1. The summed E-state index contributed by atoms with van der Waals surface area (Å²) in [7, 11) is 0. The molecule has 2 atom stereocenters. The van der Waals surface area contributed by atoms with E-state index in [-0.39, 0.29) is 6.04 Å². The minimum atomic E-state index is -0.793. The lowest BCUT2D eigenvalue weighted by Crippen LogP contribution is -2.28. The smallest absolute Gasteiger partial charge is 0.307 e. The maximum atomic E-state index is 10.7. The number of aliphatic carboxylic acids is 1. The maximum Gasteiger partial charge on any atom is 0.307 e. The van der Waals surface area contributed by atoms with Crippen LogP contribution in [0.1, 0.15) is 36.9 Å². The number of carbonyl (C=O) groups is 1. The summed E-state index contributed by atoms with van der Waals surface area (Å²) in [5.41, 5.74) is 1.86. The lowest BCUT2D eigenvalue weighted by Gasteiger charge is -2.15. The summed E-state index contributed by atoms with van der Waals surface area (Å²) in [6, 6.07) is 0.0491. The highest BCUT2D eigenvalue weighted by Gasteiger charge is 2.18. The second-order valence-corrected chi connectivity index (χ2v) is 4.11. The van der Waals surface area contributed by atoms with E-state index < -0.39 is 11.9 Å². The third kappa shape index (κ3) is 2.82. The fraction of sp³-hybridized carbons (Fsp3) is 0.636. The van der Waals surface area contributed by atoms with Gasteiger partial charge in [0.1, 0.15) is 5.76 Å². The molecule has 5 nitrogen and oxygen atoms in total. The molecule has 5 heteroatoms. The summed E-state index contributed by atoms with van der Waals surface area (Å²) in [4.78, 5) is 10.7. The van der Waals surface area contributed by atoms with Gasteiger partial charge in [0.05, 0.1) is 11.6 Å². The van der Waals surface area contributed by atoms with Crippen LogP contribution in [-0.2, 0) is 4.79 Å². The molecule has 90 valence electrons. The van der Waals surface area contributed by atoms with Crippen molar-refractivity contribution in [3.05, 3.63) is 17.0 Å². The number of carboxylic acid groups (broad SMARTS) is 1. The topological polar surface area (TPSA) is 75.4 Å². The monoisotopic (exact) mass is 226 g/mol. The first-order valence-corrected chi connectivity index (χ1v) is 5.32. The number of rotatable bonds is 5. The molecule has 1 rings (SSSR count). The molecular formula is C11H18N2O3. The van der Waals surface area contributed by atoms with Gasteiger partial charge in [-0.1, -0.05) is 12.1 Å². The molecular weight excluding hydrogens is 208 g/mol. The van der Waals surface area contributed by atoms with E-state index in [1.807, 2.05) is 20.8 Å². The van der Waals surface area contributed by atoms with E-state index in [2.05, 4.69) is 10.5 Å². The van der Waals surface area contributed by atoms with Gasteiger partial charge in [0.15, 0.2) is 0 Å². The van der Waals surface area contributed by atoms with Crippen molar-refractivity contribution in [2.75, 3.05) is 6.54 Å². The Balaban J connectivity index is 2.59. The van der Waals surface area contributed by atoms with E-state index in [1.54, 1.807) is 6.92 Å². The summed E-state index contributed by atoms with van der Waals surface area (Å²) < 4.78 is 5.06. The third-order valence-electron chi connectivity index (χ3n) is 2.67. The number of nitrogens with zero attached hydrogens (tertiary/aromatic N) is 1. The molecule has 0 aliphatic rings. The fourth-order valence-electron chi connectivity index (χ4n) is 1.65. The van der Waals surface area contributed by atoms with E-state index >= 15 is 0 Å². The van der Waals surface area contributed by atoms with Crippen LogP contribution in [0, 0.1) is 19.8 Å². The van der Waals surface area contributed by atoms with Crippen LogP contribution in [0.3, 0.4) is 0 Å². The number of nitrogens with one attached hydrogen (secondary N) is 1. The molecule has 0 spiro atoms. The largest absolute Gasteiger partial charge is 0.481 e. The van der Waals surface area contributed by atoms with E-state index in [9.17, 15) is 4.79 Å². The average Bonchev–Trinajstić information content (AvgIpc) is 2.54. The normalized spacial score (nSPS) is 14.8. The van der Waals surface area contributed by atoms with Crippen molar-refractivity contribution in [3.63, 3.8) is 0 Å². The first-order chi connectivity index (χ1) is 7.43. The highest BCUT2D eigenvalue weighted by molar-refractivity contribution is 5.69. The molecule has 2 N–H and O–H groups in total. The van der Waals surface area contributed by atoms with Crippen molar-refractivity contribution < 1.29 is 14.4 Å². The van der Waals surface area contributed by atoms with E-state index in [0.29, 0.717) is 6.54 Å². The lowest BCUT2D eigenvalue weighted by molar-refractivity contribution is -0.140. The molecule has 0 saturated carbocycles. The van der Waals surface area contributed by atoms with Gasteiger partial charge in [0.25, 0.3) is 0 Å². The van der Waals surface area contributed by atoms with Crippen molar-refractivity contribution in [1.29, 1.82) is 0 Å². The van der Waals surface area contributed by atoms with E-state index in [1.165, 1.54) is 0 Å². The highest BCUT2D eigenvalue weighted by atomic mass is 16.5. The van der Waals surface area contributed by atoms with Crippen LogP contribution in [-0.4, -0.2) is 22.8 Å². The molecule has 0 radical (unpaired) electrons. The zero-order valence-corrected chi connectivity index (χ0v) is 10.1. The zero-order chi connectivity index (χ0) is 12.3. The van der Waals surface area contributed by atoms with Crippen molar-refractivity contribution in [2.24, 2.45) is 5.92 Å². The van der Waals surface area contributed by atoms with Crippen LogP contribution in [0.25, 0.3) is 0 Å². The Labute approximate surface area is 94.8 Å². The van der Waals surface area contributed by atoms with E-state index in [0.717, 1.165) is 17.0 Å². The molecule has 0 aliphatic heterocycles. The standard InChI is InChI=1S/C11H18N2O3/c1-6(11(14)15)5-12-7(2)10-8(3)13-16-9(10)4/h6-7,12H,5H2,1-4H3,(H,14,15). The molecule has 0 saturated heterocycles. The summed E-state index contributed by atoms with van der Waals surface area (Å²) in [6.45, 7) is 7.82. The quantitative estimate of drug-likeness (QED) is 0.798. The molecule has 0 fully saturated rings. The summed E-state index contributed by atoms with van der Waals surface area (Å²) in [5, 5.41) is 15.8. The molecule has 0 aromatic carbocycles. The minimum Gasteiger partial charge on any atom is -0.481 e. The van der Waals surface area contributed by atoms with Crippen LogP contribution in [0.15, 0.2) is 4.52 Å². The van der Waals surface area contributed by atoms with Crippen LogP contribution >= 0.6 is 0 Å². The van der Waals surface area contributed by atoms with Gasteiger partial charge in [-0.2, -0.15) is 0 Å². The number of hydrogen-bond donors (Lipinski definition) is 2. The predicted octanol–water partition coefficient (Wildman–Crippen LogP) is 1.66. The van der Waals surface area contributed by atoms with Crippen molar-refractivity contribution in [3.8, 4) is 0 Å². The van der Waals surface area contributed by atoms with Crippen molar-refractivity contribution in [1.82, 2.24) is 10.5 Å². The van der Waals surface area contributed by atoms with Crippen molar-refractivity contribution in [2.45, 2.75) is 33.7 Å². The van der Waals surface area contributed by atoms with Gasteiger partial charge >= 0.3 is 5.97 Å². The SMILES string of the molecule is Cc1noc(C)c1C(C)NCC(C)C(=O)O. The molecule has 0 bridgehead atoms. The number of carboxylic acids is 1. The molecule has 0 amide bonds. The highest BCUT2D eigenvalue weighted by Crippen LogP contribution is 2.20. The number of aryl methyl sites for hydroxylation is 2. The minimum absolute atomic E-state index is 0.0491. The van der Waals surface area contributed by atoms with Gasteiger partial charge in [-0.15, -0.1) is 0 Å². The van der Waals surface area contributed by atoms with Gasteiger partial charge in [-0.05, 0) is 20.8 Å². The van der Waals surface area contributed by atoms with Gasteiger partial charge in [-0.25, -0.2) is 0 Å². The second-order valence-electron chi connectivity index (χ2n) is 4.11. The average molecular weight is 226 g/mol. The molecule has 1 aromatic heterocycles. The fourth-order valence-corrected chi connectivity index (χ4v) is 1.65. The Morgan fingerprint density at radius 3 is 2.56 bits per heavy atom. The van der Waals surface area contributed by atoms with Crippen molar-refractivity contribution >= 4 is 5.97 Å². The van der Waals surface area contributed by atoms with Gasteiger partial charge in [0.2, 0.25) is 0 Å².